The van der Waals surface area contributed by atoms with E-state index in [4.69, 9.17) is 14.7 Å². The number of ether oxygens (including phenoxy) is 1. The Kier molecular flexibility index (Phi) is 4.74. The molecule has 2 saturated heterocycles. The minimum Gasteiger partial charge on any atom is -0.383 e. The van der Waals surface area contributed by atoms with Gasteiger partial charge in [-0.05, 0) is 32.1 Å². The van der Waals surface area contributed by atoms with E-state index in [-0.39, 0.29) is 5.41 Å². The number of carbonyl (C=O) groups excluding carboxylic acids is 1. The van der Waals surface area contributed by atoms with E-state index in [2.05, 4.69) is 17.0 Å². The average Bonchev–Trinajstić information content (AvgIpc) is 3.47. The Labute approximate surface area is 171 Å². The van der Waals surface area contributed by atoms with Crippen LogP contribution in [0.3, 0.4) is 0 Å². The lowest BCUT2D eigenvalue weighted by Gasteiger charge is -2.25. The lowest BCUT2D eigenvalue weighted by molar-refractivity contribution is -0.135. The molecule has 1 atom stereocenters. The van der Waals surface area contributed by atoms with Crippen molar-refractivity contribution in [2.75, 3.05) is 44.8 Å². The van der Waals surface area contributed by atoms with Crippen molar-refractivity contribution in [1.82, 2.24) is 14.9 Å². The van der Waals surface area contributed by atoms with E-state index in [0.29, 0.717) is 19.1 Å². The fraction of sp³-hybridized carbons (Fsp3) is 0.522. The summed E-state index contributed by atoms with van der Waals surface area (Å²) >= 11 is 0. The maximum absolute atomic E-state index is 13.1. The van der Waals surface area contributed by atoms with E-state index >= 15 is 0 Å². The molecule has 2 fully saturated rings. The summed E-state index contributed by atoms with van der Waals surface area (Å²) in [5.74, 6) is 2.17. The number of methoxy groups -OCH3 is 1. The number of aromatic nitrogens is 2. The van der Waals surface area contributed by atoms with Gasteiger partial charge in [0.2, 0.25) is 5.91 Å². The number of carbonyl (C=O) groups is 1. The monoisotopic (exact) mass is 392 g/mol. The second-order valence-corrected chi connectivity index (χ2v) is 8.50. The van der Waals surface area contributed by atoms with Crippen molar-refractivity contribution in [2.24, 2.45) is 5.41 Å². The molecule has 5 rings (SSSR count). The number of amides is 1. The Morgan fingerprint density at radius 3 is 2.76 bits per heavy atom. The van der Waals surface area contributed by atoms with Crippen molar-refractivity contribution in [2.45, 2.75) is 32.1 Å². The van der Waals surface area contributed by atoms with Gasteiger partial charge in [-0.1, -0.05) is 30.3 Å². The maximum atomic E-state index is 13.1. The predicted octanol–water partition coefficient (Wildman–Crippen LogP) is 2.71. The summed E-state index contributed by atoms with van der Waals surface area (Å²) in [4.78, 5) is 27.4. The van der Waals surface area contributed by atoms with Gasteiger partial charge in [0.25, 0.3) is 0 Å². The van der Waals surface area contributed by atoms with Gasteiger partial charge >= 0.3 is 0 Å². The molecule has 1 aliphatic carbocycles. The summed E-state index contributed by atoms with van der Waals surface area (Å²) < 4.78 is 5.18. The van der Waals surface area contributed by atoms with Gasteiger partial charge in [-0.3, -0.25) is 4.79 Å². The molecule has 0 saturated carbocycles. The molecule has 3 heterocycles. The highest BCUT2D eigenvalue weighted by Crippen LogP contribution is 2.43. The topological polar surface area (TPSA) is 58.6 Å². The summed E-state index contributed by atoms with van der Waals surface area (Å²) in [5.41, 5.74) is 3.29. The van der Waals surface area contributed by atoms with E-state index in [1.807, 2.05) is 23.1 Å². The van der Waals surface area contributed by atoms with E-state index in [0.717, 1.165) is 68.9 Å². The smallest absolute Gasteiger partial charge is 0.230 e. The number of rotatable bonds is 5. The van der Waals surface area contributed by atoms with Crippen molar-refractivity contribution in [3.8, 4) is 11.4 Å². The van der Waals surface area contributed by atoms with Crippen LogP contribution in [0.25, 0.3) is 11.4 Å². The lowest BCUT2D eigenvalue weighted by Crippen LogP contribution is -2.38. The Bertz CT molecular complexity index is 917. The minimum absolute atomic E-state index is 0.253. The summed E-state index contributed by atoms with van der Waals surface area (Å²) in [6.45, 7) is 3.80. The second-order valence-electron chi connectivity index (χ2n) is 8.50. The van der Waals surface area contributed by atoms with Crippen LogP contribution < -0.4 is 4.90 Å². The van der Waals surface area contributed by atoms with Crippen LogP contribution in [-0.2, 0) is 22.4 Å². The molecule has 152 valence electrons. The first kappa shape index (κ1) is 18.6. The summed E-state index contributed by atoms with van der Waals surface area (Å²) in [7, 11) is 1.69. The van der Waals surface area contributed by atoms with E-state index in [1.54, 1.807) is 7.11 Å². The molecule has 1 unspecified atom stereocenters. The highest BCUT2D eigenvalue weighted by Gasteiger charge is 2.51. The van der Waals surface area contributed by atoms with Crippen molar-refractivity contribution < 1.29 is 9.53 Å². The average molecular weight is 393 g/mol. The molecular weight excluding hydrogens is 364 g/mol. The summed E-state index contributed by atoms with van der Waals surface area (Å²) in [6.07, 6.45) is 5.04. The van der Waals surface area contributed by atoms with E-state index < -0.39 is 0 Å². The molecular formula is C23H28N4O2. The zero-order valence-electron chi connectivity index (χ0n) is 17.1. The van der Waals surface area contributed by atoms with Gasteiger partial charge in [0.05, 0.1) is 12.0 Å². The molecule has 1 aromatic heterocycles. The third-order valence-corrected chi connectivity index (χ3v) is 6.76. The minimum atomic E-state index is -0.253. The molecule has 0 bridgehead atoms. The number of hydrogen-bond donors (Lipinski definition) is 0. The van der Waals surface area contributed by atoms with Gasteiger partial charge in [-0.2, -0.15) is 0 Å². The standard InChI is InChI=1S/C23H28N4O2/c1-29-15-14-26-12-10-23(22(26)28)11-13-27(16-23)21-18-8-5-9-19(18)24-20(25-21)17-6-3-2-4-7-17/h2-4,6-7H,5,8-16H2,1H3. The normalized spacial score (nSPS) is 23.4. The van der Waals surface area contributed by atoms with Crippen LogP contribution in [0.2, 0.25) is 0 Å². The molecule has 6 nitrogen and oxygen atoms in total. The molecule has 1 aromatic carbocycles. The molecule has 2 aliphatic heterocycles. The molecule has 1 spiro atoms. The van der Waals surface area contributed by atoms with Gasteiger partial charge in [0.15, 0.2) is 5.82 Å². The van der Waals surface area contributed by atoms with Gasteiger partial charge in [0, 0.05) is 50.1 Å². The van der Waals surface area contributed by atoms with Gasteiger partial charge < -0.3 is 14.5 Å². The van der Waals surface area contributed by atoms with Crippen molar-refractivity contribution in [3.05, 3.63) is 41.6 Å². The quantitative estimate of drug-likeness (QED) is 0.783. The van der Waals surface area contributed by atoms with Crippen LogP contribution >= 0.6 is 0 Å². The molecule has 0 N–H and O–H groups in total. The molecule has 29 heavy (non-hydrogen) atoms. The fourth-order valence-corrected chi connectivity index (χ4v) is 5.13. The van der Waals surface area contributed by atoms with E-state index in [9.17, 15) is 4.79 Å². The maximum Gasteiger partial charge on any atom is 0.230 e. The number of aryl methyl sites for hydroxylation is 1. The van der Waals surface area contributed by atoms with Crippen molar-refractivity contribution in [1.29, 1.82) is 0 Å². The van der Waals surface area contributed by atoms with Crippen LogP contribution in [0.5, 0.6) is 0 Å². The number of likely N-dealkylation sites (tertiary alicyclic amines) is 1. The third kappa shape index (κ3) is 3.19. The Balaban J connectivity index is 1.44. The Morgan fingerprint density at radius 2 is 1.93 bits per heavy atom. The SMILES string of the molecule is COCCN1CCC2(CCN(c3nc(-c4ccccc4)nc4c3CCC4)C2)C1=O. The molecule has 3 aliphatic rings. The number of hydrogen-bond acceptors (Lipinski definition) is 5. The first-order valence-electron chi connectivity index (χ1n) is 10.7. The molecule has 2 aromatic rings. The van der Waals surface area contributed by atoms with E-state index in [1.165, 1.54) is 11.3 Å². The van der Waals surface area contributed by atoms with Crippen molar-refractivity contribution >= 4 is 11.7 Å². The molecule has 1 amide bonds. The van der Waals surface area contributed by atoms with Crippen LogP contribution in [-0.4, -0.2) is 60.7 Å². The first-order valence-corrected chi connectivity index (χ1v) is 10.7. The lowest BCUT2D eigenvalue weighted by atomic mass is 9.85. The zero-order chi connectivity index (χ0) is 19.8. The third-order valence-electron chi connectivity index (χ3n) is 6.76. The van der Waals surface area contributed by atoms with Crippen LogP contribution in [0.15, 0.2) is 30.3 Å². The number of benzene rings is 1. The largest absolute Gasteiger partial charge is 0.383 e. The highest BCUT2D eigenvalue weighted by atomic mass is 16.5. The molecule has 6 heteroatoms. The number of anilines is 1. The Hall–Kier alpha value is -2.47. The van der Waals surface area contributed by atoms with Gasteiger partial charge in [-0.15, -0.1) is 0 Å². The summed E-state index contributed by atoms with van der Waals surface area (Å²) in [6, 6.07) is 10.2. The molecule has 0 radical (unpaired) electrons. The predicted molar refractivity (Wildman–Crippen MR) is 112 cm³/mol. The first-order chi connectivity index (χ1) is 14.2. The number of nitrogens with zero attached hydrogens (tertiary/aromatic N) is 4. The van der Waals surface area contributed by atoms with Gasteiger partial charge in [0.1, 0.15) is 5.82 Å². The van der Waals surface area contributed by atoms with Crippen LogP contribution in [0.1, 0.15) is 30.5 Å². The fourth-order valence-electron chi connectivity index (χ4n) is 5.13. The summed E-state index contributed by atoms with van der Waals surface area (Å²) in [5, 5.41) is 0. The zero-order valence-corrected chi connectivity index (χ0v) is 17.1. The van der Waals surface area contributed by atoms with Crippen LogP contribution in [0.4, 0.5) is 5.82 Å². The van der Waals surface area contributed by atoms with Gasteiger partial charge in [-0.25, -0.2) is 9.97 Å². The van der Waals surface area contributed by atoms with Crippen molar-refractivity contribution in [3.63, 3.8) is 0 Å². The number of fused-ring (bicyclic) bond motifs is 1. The Morgan fingerprint density at radius 1 is 1.10 bits per heavy atom. The van der Waals surface area contributed by atoms with Crippen LogP contribution in [0, 0.1) is 5.41 Å². The second kappa shape index (κ2) is 7.41. The highest BCUT2D eigenvalue weighted by molar-refractivity contribution is 5.86.